The topological polar surface area (TPSA) is 49.4 Å². The average molecular weight is 250 g/mol. The summed E-state index contributed by atoms with van der Waals surface area (Å²) in [5, 5.41) is 2.78. The van der Waals surface area contributed by atoms with Crippen LogP contribution in [-0.4, -0.2) is 35.8 Å². The third-order valence-electron chi connectivity index (χ3n) is 4.85. The van der Waals surface area contributed by atoms with Gasteiger partial charge in [0, 0.05) is 25.6 Å². The largest absolute Gasteiger partial charge is 0.355 e. The lowest BCUT2D eigenvalue weighted by Gasteiger charge is -2.44. The highest BCUT2D eigenvalue weighted by Gasteiger charge is 2.39. The van der Waals surface area contributed by atoms with Gasteiger partial charge in [-0.15, -0.1) is 0 Å². The van der Waals surface area contributed by atoms with Crippen molar-refractivity contribution in [2.24, 2.45) is 11.8 Å². The monoisotopic (exact) mass is 250 g/mol. The Morgan fingerprint density at radius 3 is 2.72 bits per heavy atom. The Morgan fingerprint density at radius 2 is 1.94 bits per heavy atom. The Balaban J connectivity index is 1.69. The molecule has 0 aromatic heterocycles. The van der Waals surface area contributed by atoms with Gasteiger partial charge in [0.25, 0.3) is 0 Å². The van der Waals surface area contributed by atoms with Crippen LogP contribution in [0, 0.1) is 11.8 Å². The summed E-state index contributed by atoms with van der Waals surface area (Å²) in [6.45, 7) is 1.45. The van der Waals surface area contributed by atoms with Gasteiger partial charge in [-0.2, -0.15) is 0 Å². The summed E-state index contributed by atoms with van der Waals surface area (Å²) < 4.78 is 0. The molecule has 2 aliphatic heterocycles. The van der Waals surface area contributed by atoms with E-state index in [1.54, 1.807) is 0 Å². The van der Waals surface area contributed by atoms with E-state index < -0.39 is 0 Å². The molecule has 4 heteroatoms. The maximum absolute atomic E-state index is 12.5. The van der Waals surface area contributed by atoms with Gasteiger partial charge in [0.1, 0.15) is 0 Å². The molecular formula is C14H22N2O2. The number of carbonyl (C=O) groups excluding carboxylic acids is 2. The van der Waals surface area contributed by atoms with Crippen molar-refractivity contribution in [1.82, 2.24) is 10.2 Å². The molecule has 4 nitrogen and oxygen atoms in total. The lowest BCUT2D eigenvalue weighted by molar-refractivity contribution is -0.142. The van der Waals surface area contributed by atoms with Gasteiger partial charge in [-0.3, -0.25) is 9.59 Å². The zero-order chi connectivity index (χ0) is 12.5. The van der Waals surface area contributed by atoms with Gasteiger partial charge in [-0.05, 0) is 31.6 Å². The molecule has 3 aliphatic rings. The first-order valence-electron chi connectivity index (χ1n) is 7.33. The van der Waals surface area contributed by atoms with Crippen molar-refractivity contribution in [3.05, 3.63) is 0 Å². The number of nitrogens with one attached hydrogen (secondary N) is 1. The smallest absolute Gasteiger partial charge is 0.228 e. The highest BCUT2D eigenvalue weighted by Crippen LogP contribution is 2.36. The molecule has 1 N–H and O–H groups in total. The Hall–Kier alpha value is -1.06. The van der Waals surface area contributed by atoms with E-state index >= 15 is 0 Å². The van der Waals surface area contributed by atoms with Gasteiger partial charge in [-0.1, -0.05) is 12.8 Å². The number of carbonyl (C=O) groups is 2. The van der Waals surface area contributed by atoms with E-state index in [1.807, 2.05) is 0 Å². The summed E-state index contributed by atoms with van der Waals surface area (Å²) in [6, 6.07) is 0.468. The molecule has 1 aliphatic carbocycles. The van der Waals surface area contributed by atoms with Crippen LogP contribution in [0.2, 0.25) is 0 Å². The first-order chi connectivity index (χ1) is 8.75. The average Bonchev–Trinajstić information content (AvgIpc) is 2.84. The lowest BCUT2D eigenvalue weighted by atomic mass is 9.78. The van der Waals surface area contributed by atoms with Crippen LogP contribution in [0.1, 0.15) is 44.9 Å². The van der Waals surface area contributed by atoms with Crippen LogP contribution >= 0.6 is 0 Å². The van der Waals surface area contributed by atoms with E-state index in [-0.39, 0.29) is 17.7 Å². The van der Waals surface area contributed by atoms with Crippen molar-refractivity contribution in [1.29, 1.82) is 0 Å². The van der Waals surface area contributed by atoms with Crippen molar-refractivity contribution in [2.75, 3.05) is 13.1 Å². The normalized spacial score (nSPS) is 36.1. The molecule has 3 unspecified atom stereocenters. The van der Waals surface area contributed by atoms with Crippen LogP contribution in [0.15, 0.2) is 0 Å². The number of hydrogen-bond donors (Lipinski definition) is 1. The molecule has 100 valence electrons. The molecule has 18 heavy (non-hydrogen) atoms. The van der Waals surface area contributed by atoms with Gasteiger partial charge in [0.05, 0.1) is 5.92 Å². The first kappa shape index (κ1) is 12.0. The molecule has 2 amide bonds. The maximum Gasteiger partial charge on any atom is 0.228 e. The summed E-state index contributed by atoms with van der Waals surface area (Å²) in [5.41, 5.74) is 0. The standard InChI is InChI=1S/C14H22N2O2/c17-13-8-11(9-15-13)14(18)16-7-3-5-10-4-1-2-6-12(10)16/h10-12H,1-9H2,(H,15,17). The van der Waals surface area contributed by atoms with Gasteiger partial charge in [-0.25, -0.2) is 0 Å². The van der Waals surface area contributed by atoms with E-state index in [1.165, 1.54) is 32.1 Å². The second-order valence-electron chi connectivity index (χ2n) is 5.99. The number of piperidine rings is 1. The molecule has 0 bridgehead atoms. The minimum atomic E-state index is -0.0989. The van der Waals surface area contributed by atoms with Crippen molar-refractivity contribution >= 4 is 11.8 Å². The SMILES string of the molecule is O=C1CC(C(=O)N2CCCC3CCCCC32)CN1. The second-order valence-corrected chi connectivity index (χ2v) is 5.99. The third kappa shape index (κ3) is 2.13. The van der Waals surface area contributed by atoms with E-state index in [9.17, 15) is 9.59 Å². The molecule has 0 aromatic carbocycles. The molecule has 2 saturated heterocycles. The highest BCUT2D eigenvalue weighted by molar-refractivity contribution is 5.89. The van der Waals surface area contributed by atoms with Crippen LogP contribution in [0.25, 0.3) is 0 Å². The molecule has 3 atom stereocenters. The van der Waals surface area contributed by atoms with Crippen LogP contribution in [0.3, 0.4) is 0 Å². The van der Waals surface area contributed by atoms with E-state index in [0.29, 0.717) is 19.0 Å². The molecule has 0 aromatic rings. The number of rotatable bonds is 1. The predicted octanol–water partition coefficient (Wildman–Crippen LogP) is 1.30. The van der Waals surface area contributed by atoms with Crippen molar-refractivity contribution in [3.8, 4) is 0 Å². The predicted molar refractivity (Wildman–Crippen MR) is 67.8 cm³/mol. The summed E-state index contributed by atoms with van der Waals surface area (Å²) in [4.78, 5) is 25.9. The summed E-state index contributed by atoms with van der Waals surface area (Å²) >= 11 is 0. The summed E-state index contributed by atoms with van der Waals surface area (Å²) in [5.74, 6) is 0.884. The van der Waals surface area contributed by atoms with Crippen LogP contribution in [-0.2, 0) is 9.59 Å². The summed E-state index contributed by atoms with van der Waals surface area (Å²) in [7, 11) is 0. The lowest BCUT2D eigenvalue weighted by Crippen LogP contribution is -2.51. The van der Waals surface area contributed by atoms with Crippen molar-refractivity contribution < 1.29 is 9.59 Å². The fourth-order valence-electron chi connectivity index (χ4n) is 3.91. The van der Waals surface area contributed by atoms with Gasteiger partial charge in [0.15, 0.2) is 0 Å². The minimum Gasteiger partial charge on any atom is -0.355 e. The molecule has 0 radical (unpaired) electrons. The molecule has 2 heterocycles. The summed E-state index contributed by atoms with van der Waals surface area (Å²) in [6.07, 6.45) is 7.87. The Kier molecular flexibility index (Phi) is 3.27. The maximum atomic E-state index is 12.5. The third-order valence-corrected chi connectivity index (χ3v) is 4.85. The molecule has 3 rings (SSSR count). The number of likely N-dealkylation sites (tertiary alicyclic amines) is 1. The van der Waals surface area contributed by atoms with E-state index in [4.69, 9.17) is 0 Å². The van der Waals surface area contributed by atoms with Gasteiger partial charge < -0.3 is 10.2 Å². The number of nitrogens with zero attached hydrogens (tertiary/aromatic N) is 1. The van der Waals surface area contributed by atoms with Crippen molar-refractivity contribution in [3.63, 3.8) is 0 Å². The van der Waals surface area contributed by atoms with Crippen LogP contribution < -0.4 is 5.32 Å². The van der Waals surface area contributed by atoms with E-state index in [2.05, 4.69) is 10.2 Å². The van der Waals surface area contributed by atoms with Crippen LogP contribution in [0.4, 0.5) is 0 Å². The minimum absolute atomic E-state index is 0.0329. The van der Waals surface area contributed by atoms with E-state index in [0.717, 1.165) is 18.9 Å². The molecule has 0 spiro atoms. The zero-order valence-electron chi connectivity index (χ0n) is 10.9. The Morgan fingerprint density at radius 1 is 1.17 bits per heavy atom. The quantitative estimate of drug-likeness (QED) is 0.762. The van der Waals surface area contributed by atoms with Crippen molar-refractivity contribution in [2.45, 2.75) is 51.0 Å². The fraction of sp³-hybridized carbons (Fsp3) is 0.857. The number of hydrogen-bond acceptors (Lipinski definition) is 2. The Labute approximate surface area is 108 Å². The molecule has 3 fully saturated rings. The second kappa shape index (κ2) is 4.90. The van der Waals surface area contributed by atoms with Crippen LogP contribution in [0.5, 0.6) is 0 Å². The Bertz CT molecular complexity index is 354. The van der Waals surface area contributed by atoms with Gasteiger partial charge in [0.2, 0.25) is 11.8 Å². The van der Waals surface area contributed by atoms with Gasteiger partial charge >= 0.3 is 0 Å². The molecular weight excluding hydrogens is 228 g/mol. The first-order valence-corrected chi connectivity index (χ1v) is 7.33. The molecule has 1 saturated carbocycles. The fourth-order valence-corrected chi connectivity index (χ4v) is 3.91. The number of amides is 2. The number of fused-ring (bicyclic) bond motifs is 1. The zero-order valence-corrected chi connectivity index (χ0v) is 10.9. The highest BCUT2D eigenvalue weighted by atomic mass is 16.2.